The van der Waals surface area contributed by atoms with Gasteiger partial charge in [0.15, 0.2) is 5.82 Å². The Bertz CT molecular complexity index is 1240. The summed E-state index contributed by atoms with van der Waals surface area (Å²) in [6.07, 6.45) is 3.56. The topological polar surface area (TPSA) is 65.7 Å². The molecule has 160 valence electrons. The Labute approximate surface area is 198 Å². The fourth-order valence-electron chi connectivity index (χ4n) is 2.88. The van der Waals surface area contributed by atoms with Crippen LogP contribution in [0.2, 0.25) is 10.0 Å². The van der Waals surface area contributed by atoms with E-state index in [2.05, 4.69) is 28.9 Å². The highest BCUT2D eigenvalue weighted by Crippen LogP contribution is 2.41. The molecule has 0 N–H and O–H groups in total. The van der Waals surface area contributed by atoms with Gasteiger partial charge < -0.3 is 4.74 Å². The molecule has 0 radical (unpaired) electrons. The number of halogens is 2. The molecule has 0 unspecified atom stereocenters. The summed E-state index contributed by atoms with van der Waals surface area (Å²) < 4.78 is 8.08. The third kappa shape index (κ3) is 4.72. The maximum atomic E-state index is 6.26. The maximum absolute atomic E-state index is 6.26. The molecule has 0 aliphatic rings. The van der Waals surface area contributed by atoms with Gasteiger partial charge in [-0.05, 0) is 19.1 Å². The Morgan fingerprint density at radius 1 is 1.13 bits per heavy atom. The molecule has 0 aliphatic heterocycles. The van der Waals surface area contributed by atoms with E-state index in [9.17, 15) is 0 Å². The van der Waals surface area contributed by atoms with E-state index >= 15 is 0 Å². The van der Waals surface area contributed by atoms with Gasteiger partial charge in [0.25, 0.3) is 0 Å². The van der Waals surface area contributed by atoms with E-state index in [1.807, 2.05) is 25.3 Å². The van der Waals surface area contributed by atoms with Crippen molar-refractivity contribution in [3.63, 3.8) is 0 Å². The first kappa shape index (κ1) is 22.1. The molecule has 0 saturated heterocycles. The predicted octanol–water partition coefficient (Wildman–Crippen LogP) is 6.58. The normalized spacial score (nSPS) is 11.3. The van der Waals surface area contributed by atoms with Crippen molar-refractivity contribution in [1.29, 1.82) is 0 Å². The van der Waals surface area contributed by atoms with Crippen LogP contribution >= 0.6 is 46.3 Å². The molecule has 0 aliphatic carbocycles. The fraction of sp³-hybridized carbons (Fsp3) is 0.238. The predicted molar refractivity (Wildman–Crippen MR) is 128 cm³/mol. The molecule has 0 spiro atoms. The lowest BCUT2D eigenvalue weighted by Gasteiger charge is -2.05. The van der Waals surface area contributed by atoms with Gasteiger partial charge in [0.1, 0.15) is 0 Å². The highest BCUT2D eigenvalue weighted by molar-refractivity contribution is 8.01. The summed E-state index contributed by atoms with van der Waals surface area (Å²) in [4.78, 5) is 13.7. The summed E-state index contributed by atoms with van der Waals surface area (Å²) in [6.45, 7) is 6.23. The molecule has 0 atom stereocenters. The second kappa shape index (κ2) is 9.16. The van der Waals surface area contributed by atoms with E-state index in [4.69, 9.17) is 32.9 Å². The number of nitrogens with zero attached hydrogens (tertiary/aromatic N) is 5. The number of hydrogen-bond donors (Lipinski definition) is 0. The van der Waals surface area contributed by atoms with Crippen LogP contribution in [0.3, 0.4) is 0 Å². The van der Waals surface area contributed by atoms with Crippen molar-refractivity contribution in [1.82, 2.24) is 24.7 Å². The van der Waals surface area contributed by atoms with Crippen LogP contribution in [-0.4, -0.2) is 37.1 Å². The zero-order valence-electron chi connectivity index (χ0n) is 17.3. The number of rotatable bonds is 6. The number of methoxy groups -OCH3 is 1. The van der Waals surface area contributed by atoms with Crippen molar-refractivity contribution in [2.75, 3.05) is 7.11 Å². The monoisotopic (exact) mass is 491 g/mol. The average molecular weight is 492 g/mol. The van der Waals surface area contributed by atoms with Gasteiger partial charge in [-0.25, -0.2) is 14.6 Å². The zero-order valence-corrected chi connectivity index (χ0v) is 20.4. The minimum Gasteiger partial charge on any atom is -0.481 e. The van der Waals surface area contributed by atoms with E-state index in [0.717, 1.165) is 31.9 Å². The van der Waals surface area contributed by atoms with Gasteiger partial charge in [-0.15, -0.1) is 11.8 Å². The molecular formula is C21H19Cl2N5OS2. The Kier molecular flexibility index (Phi) is 6.52. The summed E-state index contributed by atoms with van der Waals surface area (Å²) in [7, 11) is 1.58. The molecule has 31 heavy (non-hydrogen) atoms. The molecule has 0 fully saturated rings. The first-order chi connectivity index (χ1) is 14.9. The lowest BCUT2D eigenvalue weighted by atomic mass is 10.2. The molecule has 3 heterocycles. The van der Waals surface area contributed by atoms with Crippen LogP contribution in [-0.2, 0) is 0 Å². The Hall–Kier alpha value is -2.13. The Morgan fingerprint density at radius 3 is 2.65 bits per heavy atom. The van der Waals surface area contributed by atoms with Gasteiger partial charge in [-0.1, -0.05) is 54.5 Å². The molecule has 0 bridgehead atoms. The van der Waals surface area contributed by atoms with E-state index in [1.54, 1.807) is 53.2 Å². The molecule has 0 amide bonds. The second-order valence-electron chi connectivity index (χ2n) is 6.92. The highest BCUT2D eigenvalue weighted by atomic mass is 35.5. The fourth-order valence-corrected chi connectivity index (χ4v) is 5.62. The van der Waals surface area contributed by atoms with Crippen molar-refractivity contribution < 1.29 is 4.74 Å². The summed E-state index contributed by atoms with van der Waals surface area (Å²) in [5.74, 6) is 1.06. The molecule has 3 aromatic heterocycles. The van der Waals surface area contributed by atoms with E-state index in [-0.39, 0.29) is 0 Å². The molecule has 1 aromatic carbocycles. The summed E-state index contributed by atoms with van der Waals surface area (Å²) >= 11 is 15.7. The summed E-state index contributed by atoms with van der Waals surface area (Å²) in [5, 5.41) is 6.83. The average Bonchev–Trinajstić information content (AvgIpc) is 3.33. The standard InChI is InChI=1S/C21H19Cl2N5OS2/c1-11(2)30-20-18(13-5-6-15(22)16(23)9-13)26-21(31-20)28-10-14(12(3)27-28)19-24-8-7-17(25-19)29-4/h5-11H,1-4H3. The SMILES string of the molecule is COc1ccnc(-c2cn(-c3nc(-c4ccc(Cl)c(Cl)c4)c(SC(C)C)s3)nc2C)n1. The van der Waals surface area contributed by atoms with Crippen molar-refractivity contribution in [2.24, 2.45) is 0 Å². The minimum absolute atomic E-state index is 0.398. The van der Waals surface area contributed by atoms with Crippen molar-refractivity contribution >= 4 is 46.3 Å². The summed E-state index contributed by atoms with van der Waals surface area (Å²) in [6, 6.07) is 7.28. The molecule has 4 rings (SSSR count). The van der Waals surface area contributed by atoms with Gasteiger partial charge >= 0.3 is 0 Å². The molecule has 6 nitrogen and oxygen atoms in total. The number of thioether (sulfide) groups is 1. The molecular weight excluding hydrogens is 473 g/mol. The minimum atomic E-state index is 0.398. The number of aryl methyl sites for hydroxylation is 1. The molecule has 0 saturated carbocycles. The van der Waals surface area contributed by atoms with Gasteiger partial charge in [-0.2, -0.15) is 10.1 Å². The van der Waals surface area contributed by atoms with E-state index < -0.39 is 0 Å². The third-order valence-electron chi connectivity index (χ3n) is 4.30. The number of hydrogen-bond acceptors (Lipinski definition) is 7. The van der Waals surface area contributed by atoms with E-state index in [1.165, 1.54) is 0 Å². The number of thiazole rings is 1. The van der Waals surface area contributed by atoms with Crippen LogP contribution in [0.25, 0.3) is 27.8 Å². The summed E-state index contributed by atoms with van der Waals surface area (Å²) in [5.41, 5.74) is 3.41. The second-order valence-corrected chi connectivity index (χ2v) is 10.6. The third-order valence-corrected chi connectivity index (χ3v) is 7.29. The van der Waals surface area contributed by atoms with Crippen LogP contribution in [0.4, 0.5) is 0 Å². The van der Waals surface area contributed by atoms with Crippen LogP contribution in [0, 0.1) is 6.92 Å². The maximum Gasteiger partial charge on any atom is 0.216 e. The van der Waals surface area contributed by atoms with E-state index in [0.29, 0.717) is 27.0 Å². The smallest absolute Gasteiger partial charge is 0.216 e. The van der Waals surface area contributed by atoms with Crippen LogP contribution in [0.5, 0.6) is 5.88 Å². The molecule has 4 aromatic rings. The van der Waals surface area contributed by atoms with Crippen molar-refractivity contribution in [3.8, 4) is 33.7 Å². The van der Waals surface area contributed by atoms with Gasteiger partial charge in [0, 0.05) is 29.3 Å². The Balaban J connectivity index is 1.78. The van der Waals surface area contributed by atoms with Crippen molar-refractivity contribution in [2.45, 2.75) is 30.2 Å². The quantitative estimate of drug-likeness (QED) is 0.284. The number of benzene rings is 1. The lowest BCUT2D eigenvalue weighted by molar-refractivity contribution is 0.397. The van der Waals surface area contributed by atoms with Gasteiger partial charge in [-0.3, -0.25) is 0 Å². The first-order valence-corrected chi connectivity index (χ1v) is 11.9. The van der Waals surface area contributed by atoms with Crippen LogP contribution in [0.1, 0.15) is 19.5 Å². The molecule has 10 heteroatoms. The van der Waals surface area contributed by atoms with Gasteiger partial charge in [0.05, 0.1) is 38.3 Å². The number of aromatic nitrogens is 5. The number of ether oxygens (including phenoxy) is 1. The first-order valence-electron chi connectivity index (χ1n) is 9.42. The highest BCUT2D eigenvalue weighted by Gasteiger charge is 2.19. The van der Waals surface area contributed by atoms with Gasteiger partial charge in [0.2, 0.25) is 11.0 Å². The Morgan fingerprint density at radius 2 is 1.94 bits per heavy atom. The largest absolute Gasteiger partial charge is 0.481 e. The van der Waals surface area contributed by atoms with Crippen LogP contribution in [0.15, 0.2) is 40.9 Å². The zero-order chi connectivity index (χ0) is 22.1. The van der Waals surface area contributed by atoms with Crippen LogP contribution < -0.4 is 4.74 Å². The van der Waals surface area contributed by atoms with Crippen molar-refractivity contribution in [3.05, 3.63) is 52.4 Å². The lowest BCUT2D eigenvalue weighted by Crippen LogP contribution is -1.94.